The Morgan fingerprint density at radius 2 is 1.62 bits per heavy atom. The van der Waals surface area contributed by atoms with Crippen LogP contribution in [0.3, 0.4) is 0 Å². The molecule has 1 aliphatic heterocycles. The lowest BCUT2D eigenvalue weighted by Gasteiger charge is -2.37. The van der Waals surface area contributed by atoms with Gasteiger partial charge in [0.25, 0.3) is 11.8 Å². The number of hydrogen-bond donors (Lipinski definition) is 2. The number of nitrogens with zero attached hydrogens (tertiary/aromatic N) is 2. The van der Waals surface area contributed by atoms with E-state index in [4.69, 9.17) is 0 Å². The van der Waals surface area contributed by atoms with Gasteiger partial charge in [0.15, 0.2) is 0 Å². The van der Waals surface area contributed by atoms with E-state index in [9.17, 15) is 19.8 Å². The summed E-state index contributed by atoms with van der Waals surface area (Å²) in [5, 5.41) is 24.3. The number of halogens is 1. The Bertz CT molecular complexity index is 772. The summed E-state index contributed by atoms with van der Waals surface area (Å²) in [6, 6.07) is 2.64. The van der Waals surface area contributed by atoms with Gasteiger partial charge in [0.2, 0.25) is 0 Å². The monoisotopic (exact) mass is 390 g/mol. The van der Waals surface area contributed by atoms with Crippen LogP contribution in [0.25, 0.3) is 0 Å². The van der Waals surface area contributed by atoms with Crippen molar-refractivity contribution in [1.29, 1.82) is 0 Å². The fourth-order valence-electron chi connectivity index (χ4n) is 3.96. The van der Waals surface area contributed by atoms with E-state index in [1.807, 2.05) is 0 Å². The van der Waals surface area contributed by atoms with Crippen molar-refractivity contribution in [2.75, 3.05) is 0 Å². The van der Waals surface area contributed by atoms with E-state index >= 15 is 0 Å². The molecule has 0 aromatic heterocycles. The molecule has 1 heterocycles. The molecule has 4 aliphatic rings. The summed E-state index contributed by atoms with van der Waals surface area (Å²) < 4.78 is 0.386. The zero-order chi connectivity index (χ0) is 17.0. The van der Waals surface area contributed by atoms with E-state index in [0.29, 0.717) is 10.0 Å². The maximum Gasteiger partial charge on any atom is 0.254 e. The molecule has 1 saturated carbocycles. The molecule has 2 amide bonds. The minimum atomic E-state index is -0.307. The van der Waals surface area contributed by atoms with Crippen LogP contribution in [0.15, 0.2) is 33.9 Å². The maximum atomic E-state index is 12.6. The highest BCUT2D eigenvalue weighted by molar-refractivity contribution is 9.10. The number of phenolic OH excluding ortho intramolecular Hbond substituents is 2. The predicted molar refractivity (Wildman–Crippen MR) is 89.3 cm³/mol. The van der Waals surface area contributed by atoms with E-state index in [1.54, 1.807) is 0 Å². The second-order valence-electron chi connectivity index (χ2n) is 6.44. The van der Waals surface area contributed by atoms with E-state index in [1.165, 1.54) is 18.3 Å². The molecule has 2 bridgehead atoms. The Morgan fingerprint density at radius 3 is 2.17 bits per heavy atom. The lowest BCUT2D eigenvalue weighted by Crippen LogP contribution is -2.38. The molecule has 1 aromatic rings. The van der Waals surface area contributed by atoms with Gasteiger partial charge in [-0.05, 0) is 46.7 Å². The number of rotatable bonds is 2. The van der Waals surface area contributed by atoms with Gasteiger partial charge in [0.1, 0.15) is 11.5 Å². The van der Waals surface area contributed by atoms with Crippen molar-refractivity contribution < 1.29 is 19.8 Å². The molecule has 124 valence electrons. The van der Waals surface area contributed by atoms with Gasteiger partial charge in [0.05, 0.1) is 22.5 Å². The first-order valence-corrected chi connectivity index (χ1v) is 8.58. The molecule has 0 radical (unpaired) electrons. The second-order valence-corrected chi connectivity index (χ2v) is 7.29. The molecule has 2 N–H and O–H groups in total. The normalized spacial score (nSPS) is 31.3. The van der Waals surface area contributed by atoms with Gasteiger partial charge in [-0.1, -0.05) is 12.2 Å². The van der Waals surface area contributed by atoms with Crippen LogP contribution in [0.4, 0.5) is 0 Å². The first-order chi connectivity index (χ1) is 11.5. The van der Waals surface area contributed by atoms with E-state index in [-0.39, 0.29) is 47.0 Å². The van der Waals surface area contributed by atoms with Gasteiger partial charge in [-0.2, -0.15) is 10.1 Å². The standard InChI is InChI=1S/C17H15BrN2O4/c18-11-5-10(12(21)6-13(11)22)7-19-20-16(23)14-8-1-2-9(4-3-8)15(14)17(20)24/h1-2,5-9,14-15,21-22H,3-4H2/b19-7-/t8-,9-,14-,15-/m1/s1. The summed E-state index contributed by atoms with van der Waals surface area (Å²) >= 11 is 3.15. The van der Waals surface area contributed by atoms with Crippen molar-refractivity contribution in [2.45, 2.75) is 12.8 Å². The van der Waals surface area contributed by atoms with E-state index < -0.39 is 0 Å². The summed E-state index contributed by atoms with van der Waals surface area (Å²) in [6.07, 6.45) is 7.24. The molecular formula is C17H15BrN2O4. The summed E-state index contributed by atoms with van der Waals surface area (Å²) in [5.41, 5.74) is 0.302. The molecule has 0 unspecified atom stereocenters. The molecule has 2 fully saturated rings. The second kappa shape index (κ2) is 5.44. The van der Waals surface area contributed by atoms with Crippen LogP contribution in [0.2, 0.25) is 0 Å². The third-order valence-corrected chi connectivity index (χ3v) is 5.78. The lowest BCUT2D eigenvalue weighted by atomic mass is 9.63. The van der Waals surface area contributed by atoms with Crippen molar-refractivity contribution in [3.05, 3.63) is 34.3 Å². The van der Waals surface area contributed by atoms with Gasteiger partial charge in [-0.15, -0.1) is 0 Å². The number of fused-ring (bicyclic) bond motifs is 1. The van der Waals surface area contributed by atoms with Gasteiger partial charge in [0, 0.05) is 11.6 Å². The van der Waals surface area contributed by atoms with Gasteiger partial charge < -0.3 is 10.2 Å². The zero-order valence-electron chi connectivity index (χ0n) is 12.6. The predicted octanol–water partition coefficient (Wildman–Crippen LogP) is 2.39. The molecule has 3 aliphatic carbocycles. The Hall–Kier alpha value is -2.15. The summed E-state index contributed by atoms with van der Waals surface area (Å²) in [6.45, 7) is 0. The highest BCUT2D eigenvalue weighted by Gasteiger charge is 2.56. The maximum absolute atomic E-state index is 12.6. The van der Waals surface area contributed by atoms with Crippen LogP contribution in [0.5, 0.6) is 11.5 Å². The highest BCUT2D eigenvalue weighted by Crippen LogP contribution is 2.49. The van der Waals surface area contributed by atoms with Crippen molar-refractivity contribution in [3.8, 4) is 11.5 Å². The highest BCUT2D eigenvalue weighted by atomic mass is 79.9. The number of imide groups is 1. The number of allylic oxidation sites excluding steroid dienone is 2. The third-order valence-electron chi connectivity index (χ3n) is 5.14. The van der Waals surface area contributed by atoms with Gasteiger partial charge >= 0.3 is 0 Å². The molecule has 24 heavy (non-hydrogen) atoms. The number of hydrogen-bond acceptors (Lipinski definition) is 5. The number of carbonyl (C=O) groups excluding carboxylic acids is 2. The Balaban J connectivity index is 1.63. The quantitative estimate of drug-likeness (QED) is 0.460. The molecule has 5 rings (SSSR count). The van der Waals surface area contributed by atoms with Crippen LogP contribution in [-0.2, 0) is 9.59 Å². The Morgan fingerprint density at radius 1 is 1.04 bits per heavy atom. The number of hydrazone groups is 1. The molecule has 1 aromatic carbocycles. The van der Waals surface area contributed by atoms with Crippen molar-refractivity contribution in [3.63, 3.8) is 0 Å². The van der Waals surface area contributed by atoms with Crippen molar-refractivity contribution in [2.24, 2.45) is 28.8 Å². The largest absolute Gasteiger partial charge is 0.507 e. The van der Waals surface area contributed by atoms with Gasteiger partial charge in [-0.3, -0.25) is 9.59 Å². The number of aromatic hydroxyl groups is 2. The van der Waals surface area contributed by atoms with Crippen LogP contribution in [0.1, 0.15) is 18.4 Å². The lowest BCUT2D eigenvalue weighted by molar-refractivity contribution is -0.140. The summed E-state index contributed by atoms with van der Waals surface area (Å²) in [4.78, 5) is 25.2. The molecule has 1 saturated heterocycles. The van der Waals surface area contributed by atoms with Crippen LogP contribution in [-0.4, -0.2) is 33.3 Å². The average molecular weight is 391 g/mol. The summed E-state index contributed by atoms with van der Waals surface area (Å²) in [7, 11) is 0. The third kappa shape index (κ3) is 2.18. The molecule has 7 heteroatoms. The molecule has 4 atom stereocenters. The molecule has 0 spiro atoms. The smallest absolute Gasteiger partial charge is 0.254 e. The minimum Gasteiger partial charge on any atom is -0.507 e. The van der Waals surface area contributed by atoms with Crippen LogP contribution < -0.4 is 0 Å². The number of carbonyl (C=O) groups is 2. The fourth-order valence-corrected chi connectivity index (χ4v) is 4.32. The Kier molecular flexibility index (Phi) is 3.49. The van der Waals surface area contributed by atoms with Crippen molar-refractivity contribution in [1.82, 2.24) is 5.01 Å². The van der Waals surface area contributed by atoms with Gasteiger partial charge in [-0.25, -0.2) is 0 Å². The van der Waals surface area contributed by atoms with Crippen LogP contribution in [0, 0.1) is 23.7 Å². The Labute approximate surface area is 146 Å². The topological polar surface area (TPSA) is 90.2 Å². The minimum absolute atomic E-state index is 0.105. The number of benzene rings is 1. The number of amides is 2. The SMILES string of the molecule is O=C1[C@H]2[C@H](C(=O)N1/N=C\c1cc(Br)c(O)cc1O)[C@@H]1C=C[C@@H]2CC1. The number of phenols is 2. The van der Waals surface area contributed by atoms with E-state index in [0.717, 1.165) is 17.9 Å². The fraction of sp³-hybridized carbons (Fsp3) is 0.353. The summed E-state index contributed by atoms with van der Waals surface area (Å²) in [5.74, 6) is -1.20. The van der Waals surface area contributed by atoms with Crippen LogP contribution >= 0.6 is 15.9 Å². The first kappa shape index (κ1) is 15.4. The first-order valence-electron chi connectivity index (χ1n) is 7.79. The zero-order valence-corrected chi connectivity index (χ0v) is 14.2. The molecular weight excluding hydrogens is 376 g/mol. The van der Waals surface area contributed by atoms with Crippen molar-refractivity contribution >= 4 is 34.0 Å². The average Bonchev–Trinajstić information content (AvgIpc) is 2.84. The molecule has 6 nitrogen and oxygen atoms in total. The van der Waals surface area contributed by atoms with E-state index in [2.05, 4.69) is 33.2 Å².